The Hall–Kier alpha value is -2.02. The lowest BCUT2D eigenvalue weighted by molar-refractivity contribution is 0.587. The van der Waals surface area contributed by atoms with Crippen LogP contribution in [-0.4, -0.2) is 25.2 Å². The molecule has 0 saturated heterocycles. The van der Waals surface area contributed by atoms with Crippen LogP contribution in [0.3, 0.4) is 0 Å². The molecule has 6 nitrogen and oxygen atoms in total. The number of H-pyrrole nitrogens is 1. The molecule has 0 saturated carbocycles. The number of aromatic nitrogens is 2. The molecular formula is C13H16N4O2S. The monoisotopic (exact) mass is 292 g/mol. The van der Waals surface area contributed by atoms with Gasteiger partial charge in [-0.3, -0.25) is 9.40 Å². The molecule has 1 aliphatic heterocycles. The zero-order chi connectivity index (χ0) is 14.3. The average Bonchev–Trinajstić information content (AvgIpc) is 2.84. The number of sulfonamides is 1. The summed E-state index contributed by atoms with van der Waals surface area (Å²) in [6.45, 7) is 2.46. The summed E-state index contributed by atoms with van der Waals surface area (Å²) in [5.41, 5.74) is 8.58. The smallest absolute Gasteiger partial charge is 0.269 e. The number of fused-ring (bicyclic) bond motifs is 1. The van der Waals surface area contributed by atoms with Crippen LogP contribution in [-0.2, 0) is 16.4 Å². The van der Waals surface area contributed by atoms with Crippen LogP contribution in [0.15, 0.2) is 29.3 Å². The Labute approximate surface area is 117 Å². The summed E-state index contributed by atoms with van der Waals surface area (Å²) in [6.07, 6.45) is 2.95. The van der Waals surface area contributed by atoms with Crippen LogP contribution in [0.1, 0.15) is 17.5 Å². The molecule has 0 unspecified atom stereocenters. The van der Waals surface area contributed by atoms with Crippen molar-refractivity contribution in [3.05, 3.63) is 35.5 Å². The predicted molar refractivity (Wildman–Crippen MR) is 77.0 cm³/mol. The topological polar surface area (TPSA) is 92.1 Å². The lowest BCUT2D eigenvalue weighted by atomic mass is 10.0. The Bertz CT molecular complexity index is 751. The number of hydrogen-bond acceptors (Lipinski definition) is 4. The zero-order valence-electron chi connectivity index (χ0n) is 11.1. The molecule has 3 rings (SSSR count). The van der Waals surface area contributed by atoms with Gasteiger partial charge in [-0.25, -0.2) is 8.42 Å². The van der Waals surface area contributed by atoms with E-state index in [0.29, 0.717) is 6.54 Å². The van der Waals surface area contributed by atoms with Gasteiger partial charge in [-0.2, -0.15) is 5.10 Å². The van der Waals surface area contributed by atoms with Crippen molar-refractivity contribution >= 4 is 21.5 Å². The second-order valence-corrected chi connectivity index (χ2v) is 6.79. The quantitative estimate of drug-likeness (QED) is 0.876. The molecule has 0 amide bonds. The second kappa shape index (κ2) is 4.52. The summed E-state index contributed by atoms with van der Waals surface area (Å²) in [6, 6.07) is 5.82. The Morgan fingerprint density at radius 3 is 2.90 bits per heavy atom. The van der Waals surface area contributed by atoms with Crippen LogP contribution in [0, 0.1) is 6.92 Å². The van der Waals surface area contributed by atoms with Gasteiger partial charge in [0.25, 0.3) is 10.0 Å². The molecule has 1 aromatic heterocycles. The highest BCUT2D eigenvalue weighted by atomic mass is 32.2. The van der Waals surface area contributed by atoms with Crippen molar-refractivity contribution < 1.29 is 8.42 Å². The van der Waals surface area contributed by atoms with Crippen LogP contribution in [0.4, 0.5) is 11.5 Å². The summed E-state index contributed by atoms with van der Waals surface area (Å²) in [5.74, 6) is 0.0734. The molecular weight excluding hydrogens is 276 g/mol. The first-order chi connectivity index (χ1) is 9.50. The van der Waals surface area contributed by atoms with E-state index in [4.69, 9.17) is 5.73 Å². The molecule has 2 aromatic rings. The van der Waals surface area contributed by atoms with Crippen molar-refractivity contribution in [3.8, 4) is 0 Å². The van der Waals surface area contributed by atoms with E-state index in [1.165, 1.54) is 10.5 Å². The van der Waals surface area contributed by atoms with Crippen LogP contribution >= 0.6 is 0 Å². The van der Waals surface area contributed by atoms with Gasteiger partial charge in [0.05, 0.1) is 11.9 Å². The fourth-order valence-electron chi connectivity index (χ4n) is 2.55. The van der Waals surface area contributed by atoms with E-state index in [-0.39, 0.29) is 10.7 Å². The number of nitrogens with zero attached hydrogens (tertiary/aromatic N) is 2. The molecule has 0 atom stereocenters. The van der Waals surface area contributed by atoms with Crippen LogP contribution in [0.2, 0.25) is 0 Å². The SMILES string of the molecule is Cc1ccc2c(c1)CCCN2S(=O)(=O)c1cn[nH]c1N. The lowest BCUT2D eigenvalue weighted by Gasteiger charge is -2.30. The van der Waals surface area contributed by atoms with Gasteiger partial charge in [0.15, 0.2) is 0 Å². The maximum absolute atomic E-state index is 12.7. The number of anilines is 2. The fraction of sp³-hybridized carbons (Fsp3) is 0.308. The molecule has 7 heteroatoms. The minimum Gasteiger partial charge on any atom is -0.383 e. The van der Waals surface area contributed by atoms with E-state index < -0.39 is 10.0 Å². The first kappa shape index (κ1) is 13.0. The second-order valence-electron chi connectivity index (χ2n) is 4.96. The molecule has 1 aliphatic rings. The number of aryl methyl sites for hydroxylation is 2. The summed E-state index contributed by atoms with van der Waals surface area (Å²) in [4.78, 5) is 0.0333. The molecule has 106 valence electrons. The zero-order valence-corrected chi connectivity index (χ0v) is 11.9. The van der Waals surface area contributed by atoms with Crippen molar-refractivity contribution in [2.45, 2.75) is 24.7 Å². The number of hydrogen-bond donors (Lipinski definition) is 2. The maximum atomic E-state index is 12.7. The highest BCUT2D eigenvalue weighted by molar-refractivity contribution is 7.93. The molecule has 20 heavy (non-hydrogen) atoms. The molecule has 0 aliphatic carbocycles. The van der Waals surface area contributed by atoms with E-state index in [1.54, 1.807) is 0 Å². The first-order valence-corrected chi connectivity index (χ1v) is 7.85. The fourth-order valence-corrected chi connectivity index (χ4v) is 4.10. The number of aromatic amines is 1. The van der Waals surface area contributed by atoms with Gasteiger partial charge in [-0.15, -0.1) is 0 Å². The minimum atomic E-state index is -3.66. The number of nitrogens with two attached hydrogens (primary N) is 1. The number of nitrogen functional groups attached to an aromatic ring is 1. The molecule has 3 N–H and O–H groups in total. The van der Waals surface area contributed by atoms with E-state index in [1.807, 2.05) is 25.1 Å². The van der Waals surface area contributed by atoms with Gasteiger partial charge >= 0.3 is 0 Å². The van der Waals surface area contributed by atoms with E-state index >= 15 is 0 Å². The summed E-state index contributed by atoms with van der Waals surface area (Å²) >= 11 is 0. The van der Waals surface area contributed by atoms with Crippen molar-refractivity contribution in [2.24, 2.45) is 0 Å². The Morgan fingerprint density at radius 2 is 2.20 bits per heavy atom. The minimum absolute atomic E-state index is 0.0333. The molecule has 1 aromatic carbocycles. The van der Waals surface area contributed by atoms with Crippen molar-refractivity contribution in [1.82, 2.24) is 10.2 Å². The van der Waals surface area contributed by atoms with E-state index in [9.17, 15) is 8.42 Å². The molecule has 0 bridgehead atoms. The normalized spacial score (nSPS) is 15.2. The third-order valence-electron chi connectivity index (χ3n) is 3.51. The molecule has 2 heterocycles. The van der Waals surface area contributed by atoms with Gasteiger partial charge in [0.1, 0.15) is 10.7 Å². The summed E-state index contributed by atoms with van der Waals surface area (Å²) < 4.78 is 26.8. The Kier molecular flexibility index (Phi) is 2.93. The summed E-state index contributed by atoms with van der Waals surface area (Å²) in [7, 11) is -3.66. The number of benzene rings is 1. The average molecular weight is 292 g/mol. The lowest BCUT2D eigenvalue weighted by Crippen LogP contribution is -2.35. The third-order valence-corrected chi connectivity index (χ3v) is 5.35. The Balaban J connectivity index is 2.11. The largest absolute Gasteiger partial charge is 0.383 e. The Morgan fingerprint density at radius 1 is 1.40 bits per heavy atom. The molecule has 0 spiro atoms. The van der Waals surface area contributed by atoms with Crippen molar-refractivity contribution in [3.63, 3.8) is 0 Å². The summed E-state index contributed by atoms with van der Waals surface area (Å²) in [5, 5.41) is 6.17. The van der Waals surface area contributed by atoms with Crippen LogP contribution in [0.25, 0.3) is 0 Å². The standard InChI is InChI=1S/C13H16N4O2S/c1-9-4-5-11-10(7-9)3-2-6-17(11)20(18,19)12-8-15-16-13(12)14/h4-5,7-8H,2-3,6H2,1H3,(H3,14,15,16). The van der Waals surface area contributed by atoms with Gasteiger partial charge in [-0.1, -0.05) is 17.7 Å². The van der Waals surface area contributed by atoms with Crippen LogP contribution in [0.5, 0.6) is 0 Å². The van der Waals surface area contributed by atoms with Crippen molar-refractivity contribution in [1.29, 1.82) is 0 Å². The van der Waals surface area contributed by atoms with Gasteiger partial charge in [0, 0.05) is 6.54 Å². The molecule has 0 radical (unpaired) electrons. The molecule has 0 fully saturated rings. The van der Waals surface area contributed by atoms with Crippen molar-refractivity contribution in [2.75, 3.05) is 16.6 Å². The van der Waals surface area contributed by atoms with E-state index in [0.717, 1.165) is 29.7 Å². The van der Waals surface area contributed by atoms with Gasteiger partial charge in [0.2, 0.25) is 0 Å². The van der Waals surface area contributed by atoms with Crippen LogP contribution < -0.4 is 10.0 Å². The number of rotatable bonds is 2. The van der Waals surface area contributed by atoms with Gasteiger partial charge < -0.3 is 5.73 Å². The highest BCUT2D eigenvalue weighted by Gasteiger charge is 2.31. The van der Waals surface area contributed by atoms with Gasteiger partial charge in [-0.05, 0) is 31.4 Å². The maximum Gasteiger partial charge on any atom is 0.269 e. The first-order valence-electron chi connectivity index (χ1n) is 6.41. The third kappa shape index (κ3) is 1.94. The predicted octanol–water partition coefficient (Wildman–Crippen LogP) is 1.44. The highest BCUT2D eigenvalue weighted by Crippen LogP contribution is 2.33. The number of nitrogens with one attached hydrogen (secondary N) is 1. The van der Waals surface area contributed by atoms with E-state index in [2.05, 4.69) is 10.2 Å².